The lowest BCUT2D eigenvalue weighted by Crippen LogP contribution is -2.52. The number of hydrogen-bond acceptors (Lipinski definition) is 8. The third-order valence-electron chi connectivity index (χ3n) is 6.10. The monoisotopic (exact) mass is 504 g/mol. The Bertz CT molecular complexity index is 1130. The Morgan fingerprint density at radius 3 is 2.36 bits per heavy atom. The molecule has 36 heavy (non-hydrogen) atoms. The van der Waals surface area contributed by atoms with Gasteiger partial charge in [-0.15, -0.1) is 0 Å². The molecule has 1 aliphatic heterocycles. The van der Waals surface area contributed by atoms with Crippen LogP contribution in [0.3, 0.4) is 0 Å². The van der Waals surface area contributed by atoms with Gasteiger partial charge in [-0.05, 0) is 32.6 Å². The molecule has 2 unspecified atom stereocenters. The predicted octanol–water partition coefficient (Wildman–Crippen LogP) is 1.74. The summed E-state index contributed by atoms with van der Waals surface area (Å²) in [6.45, 7) is 10.7. The fourth-order valence-corrected chi connectivity index (χ4v) is 3.87. The number of nitrogens with one attached hydrogen (secondary N) is 1. The first-order valence-electron chi connectivity index (χ1n) is 11.8. The number of piperazine rings is 1. The first-order valence-corrected chi connectivity index (χ1v) is 11.8. The smallest absolute Gasteiger partial charge is 0.409 e. The first-order chi connectivity index (χ1) is 17.0. The molecule has 14 heteroatoms. The molecule has 0 bridgehead atoms. The number of anilines is 1. The molecule has 3 heterocycles. The van der Waals surface area contributed by atoms with Gasteiger partial charge in [0.15, 0.2) is 0 Å². The Kier molecular flexibility index (Phi) is 8.27. The van der Waals surface area contributed by atoms with Gasteiger partial charge in [0.1, 0.15) is 6.04 Å². The predicted molar refractivity (Wildman–Crippen MR) is 128 cm³/mol. The number of rotatable bonds is 8. The van der Waals surface area contributed by atoms with Crippen LogP contribution in [0.25, 0.3) is 0 Å². The maximum absolute atomic E-state index is 13.0. The number of ether oxygens (including phenoxy) is 1. The SMILES string of the molecule is CCOC(=O)N1CCN(C(=O)C(C)n2cc(NC(=O)C(C)Cn3nc([N+](=O)[O-])cc3C)c(C)n2)CC1. The average Bonchev–Trinajstić information content (AvgIpc) is 3.40. The summed E-state index contributed by atoms with van der Waals surface area (Å²) >= 11 is 0. The van der Waals surface area contributed by atoms with E-state index in [0.29, 0.717) is 49.9 Å². The Morgan fingerprint density at radius 1 is 1.14 bits per heavy atom. The highest BCUT2D eigenvalue weighted by Gasteiger charge is 2.29. The van der Waals surface area contributed by atoms with Gasteiger partial charge in [0, 0.05) is 32.4 Å². The van der Waals surface area contributed by atoms with Gasteiger partial charge in [0.2, 0.25) is 11.8 Å². The van der Waals surface area contributed by atoms with Crippen molar-refractivity contribution in [2.75, 3.05) is 38.1 Å². The molecule has 3 rings (SSSR count). The van der Waals surface area contributed by atoms with Gasteiger partial charge in [-0.2, -0.15) is 9.78 Å². The van der Waals surface area contributed by atoms with Crippen LogP contribution in [0, 0.1) is 29.9 Å². The zero-order valence-corrected chi connectivity index (χ0v) is 21.1. The van der Waals surface area contributed by atoms with Crippen LogP contribution >= 0.6 is 0 Å². The summed E-state index contributed by atoms with van der Waals surface area (Å²) in [4.78, 5) is 51.3. The van der Waals surface area contributed by atoms with Crippen LogP contribution in [-0.2, 0) is 20.9 Å². The molecule has 0 radical (unpaired) electrons. The molecule has 2 aromatic rings. The molecule has 3 amide bonds. The second-order valence-electron chi connectivity index (χ2n) is 8.77. The summed E-state index contributed by atoms with van der Waals surface area (Å²) in [5, 5.41) is 22.1. The van der Waals surface area contributed by atoms with E-state index in [9.17, 15) is 24.5 Å². The highest BCUT2D eigenvalue weighted by atomic mass is 16.6. The second-order valence-corrected chi connectivity index (χ2v) is 8.77. The summed E-state index contributed by atoms with van der Waals surface area (Å²) < 4.78 is 7.95. The largest absolute Gasteiger partial charge is 0.450 e. The van der Waals surface area contributed by atoms with Crippen molar-refractivity contribution in [2.45, 2.75) is 47.2 Å². The zero-order valence-electron chi connectivity index (χ0n) is 21.1. The van der Waals surface area contributed by atoms with Crippen molar-refractivity contribution in [2.24, 2.45) is 5.92 Å². The van der Waals surface area contributed by atoms with Crippen LogP contribution in [-0.4, -0.2) is 85.0 Å². The molecule has 0 aliphatic carbocycles. The summed E-state index contributed by atoms with van der Waals surface area (Å²) in [7, 11) is 0. The number of carbonyl (C=O) groups excluding carboxylic acids is 3. The maximum atomic E-state index is 13.0. The van der Waals surface area contributed by atoms with Crippen molar-refractivity contribution < 1.29 is 24.0 Å². The van der Waals surface area contributed by atoms with E-state index in [1.165, 1.54) is 15.4 Å². The first kappa shape index (κ1) is 26.6. The number of nitrogens with zero attached hydrogens (tertiary/aromatic N) is 7. The molecule has 0 spiro atoms. The number of aromatic nitrogens is 4. The van der Waals surface area contributed by atoms with Crippen LogP contribution in [0.4, 0.5) is 16.3 Å². The number of hydrogen-bond donors (Lipinski definition) is 1. The average molecular weight is 505 g/mol. The van der Waals surface area contributed by atoms with Gasteiger partial charge in [0.25, 0.3) is 0 Å². The highest BCUT2D eigenvalue weighted by Crippen LogP contribution is 2.20. The molecule has 2 atom stereocenters. The summed E-state index contributed by atoms with van der Waals surface area (Å²) in [5.74, 6) is -1.23. The zero-order chi connectivity index (χ0) is 26.6. The van der Waals surface area contributed by atoms with Crippen LogP contribution in [0.15, 0.2) is 12.3 Å². The Hall–Kier alpha value is -3.97. The number of nitro groups is 1. The normalized spacial score (nSPS) is 15.4. The van der Waals surface area contributed by atoms with E-state index in [1.807, 2.05) is 0 Å². The molecule has 0 aromatic carbocycles. The van der Waals surface area contributed by atoms with E-state index >= 15 is 0 Å². The van der Waals surface area contributed by atoms with E-state index in [1.54, 1.807) is 50.6 Å². The third kappa shape index (κ3) is 5.98. The lowest BCUT2D eigenvalue weighted by molar-refractivity contribution is -0.389. The Morgan fingerprint density at radius 2 is 1.78 bits per heavy atom. The quantitative estimate of drug-likeness (QED) is 0.421. The van der Waals surface area contributed by atoms with Crippen LogP contribution in [0.2, 0.25) is 0 Å². The van der Waals surface area contributed by atoms with E-state index < -0.39 is 16.9 Å². The number of carbonyl (C=O) groups is 3. The Labute approximate surface area is 208 Å². The Balaban J connectivity index is 1.59. The molecular weight excluding hydrogens is 472 g/mol. The van der Waals surface area contributed by atoms with Crippen molar-refractivity contribution in [3.63, 3.8) is 0 Å². The van der Waals surface area contributed by atoms with Gasteiger partial charge >= 0.3 is 11.9 Å². The molecule has 196 valence electrons. The minimum atomic E-state index is -0.604. The maximum Gasteiger partial charge on any atom is 0.409 e. The van der Waals surface area contributed by atoms with E-state index in [0.717, 1.165) is 0 Å². The minimum absolute atomic E-state index is 0.136. The molecule has 1 aliphatic rings. The molecule has 0 saturated carbocycles. The molecule has 14 nitrogen and oxygen atoms in total. The van der Waals surface area contributed by atoms with Crippen molar-refractivity contribution in [1.82, 2.24) is 29.4 Å². The molecular formula is C22H32N8O6. The third-order valence-corrected chi connectivity index (χ3v) is 6.10. The highest BCUT2D eigenvalue weighted by molar-refractivity contribution is 5.92. The van der Waals surface area contributed by atoms with Crippen molar-refractivity contribution in [1.29, 1.82) is 0 Å². The molecule has 1 N–H and O–H groups in total. The summed E-state index contributed by atoms with van der Waals surface area (Å²) in [6, 6.07) is 0.752. The topological polar surface area (TPSA) is 158 Å². The van der Waals surface area contributed by atoms with Gasteiger partial charge in [-0.25, -0.2) is 4.79 Å². The second kappa shape index (κ2) is 11.2. The van der Waals surface area contributed by atoms with E-state index in [-0.39, 0.29) is 30.3 Å². The minimum Gasteiger partial charge on any atom is -0.450 e. The van der Waals surface area contributed by atoms with Gasteiger partial charge in [0.05, 0.1) is 47.3 Å². The molecule has 1 fully saturated rings. The van der Waals surface area contributed by atoms with Gasteiger partial charge in [-0.1, -0.05) is 6.92 Å². The fraction of sp³-hybridized carbons (Fsp3) is 0.591. The van der Waals surface area contributed by atoms with Gasteiger partial charge < -0.3 is 30.0 Å². The van der Waals surface area contributed by atoms with Crippen molar-refractivity contribution in [3.8, 4) is 0 Å². The van der Waals surface area contributed by atoms with E-state index in [2.05, 4.69) is 15.5 Å². The van der Waals surface area contributed by atoms with Crippen LogP contribution in [0.5, 0.6) is 0 Å². The standard InChI is InChI=1S/C22H32N8O6/c1-6-36-22(33)27-9-7-26(8-10-27)21(32)17(5)29-13-18(16(4)24-29)23-20(31)14(2)12-28-15(3)11-19(25-28)30(34)35/h11,13-14,17H,6-10,12H2,1-5H3,(H,23,31). The van der Waals surface area contributed by atoms with Crippen molar-refractivity contribution in [3.05, 3.63) is 33.8 Å². The molecule has 1 saturated heterocycles. The van der Waals surface area contributed by atoms with Crippen LogP contribution in [0.1, 0.15) is 38.2 Å². The van der Waals surface area contributed by atoms with Crippen LogP contribution < -0.4 is 5.32 Å². The number of aryl methyl sites for hydroxylation is 2. The summed E-state index contributed by atoms with van der Waals surface area (Å²) in [5.41, 5.74) is 1.61. The lowest BCUT2D eigenvalue weighted by atomic mass is 10.1. The van der Waals surface area contributed by atoms with Gasteiger partial charge in [-0.3, -0.25) is 14.3 Å². The fourth-order valence-electron chi connectivity index (χ4n) is 3.87. The number of amides is 3. The summed E-state index contributed by atoms with van der Waals surface area (Å²) in [6.07, 6.45) is 1.23. The van der Waals surface area contributed by atoms with E-state index in [4.69, 9.17) is 4.74 Å². The lowest BCUT2D eigenvalue weighted by Gasteiger charge is -2.35. The molecule has 2 aromatic heterocycles. The van der Waals surface area contributed by atoms with Crippen molar-refractivity contribution >= 4 is 29.4 Å².